The van der Waals surface area contributed by atoms with E-state index in [9.17, 15) is 4.79 Å². The lowest BCUT2D eigenvalue weighted by Crippen LogP contribution is -2.09. The molecule has 0 aliphatic carbocycles. The van der Waals surface area contributed by atoms with Gasteiger partial charge in [0, 0.05) is 11.3 Å². The second-order valence-corrected chi connectivity index (χ2v) is 3.94. The SMILES string of the molecule is CCOC(=O)Cc1ccc(N)c(Br)c1OC. The van der Waals surface area contributed by atoms with Crippen LogP contribution in [-0.4, -0.2) is 19.7 Å². The number of halogens is 1. The van der Waals surface area contributed by atoms with Crippen molar-refractivity contribution in [2.45, 2.75) is 13.3 Å². The molecular formula is C11H14BrNO3. The Morgan fingerprint density at radius 2 is 2.19 bits per heavy atom. The number of carbonyl (C=O) groups excluding carboxylic acids is 1. The van der Waals surface area contributed by atoms with Crippen LogP contribution in [0.25, 0.3) is 0 Å². The molecule has 4 nitrogen and oxygen atoms in total. The summed E-state index contributed by atoms with van der Waals surface area (Å²) >= 11 is 3.32. The number of nitrogen functional groups attached to an aromatic ring is 1. The van der Waals surface area contributed by atoms with Crippen LogP contribution in [0, 0.1) is 0 Å². The Labute approximate surface area is 103 Å². The van der Waals surface area contributed by atoms with Crippen molar-refractivity contribution in [3.05, 3.63) is 22.2 Å². The van der Waals surface area contributed by atoms with Crippen molar-refractivity contribution in [1.29, 1.82) is 0 Å². The molecule has 0 radical (unpaired) electrons. The van der Waals surface area contributed by atoms with Gasteiger partial charge in [-0.3, -0.25) is 4.79 Å². The zero-order valence-corrected chi connectivity index (χ0v) is 10.8. The molecule has 1 aromatic rings. The molecule has 0 heterocycles. The molecule has 88 valence electrons. The minimum absolute atomic E-state index is 0.176. The largest absolute Gasteiger partial charge is 0.495 e. The van der Waals surface area contributed by atoms with E-state index in [1.807, 2.05) is 0 Å². The minimum Gasteiger partial charge on any atom is -0.495 e. The molecule has 1 rings (SSSR count). The monoisotopic (exact) mass is 287 g/mol. The number of methoxy groups -OCH3 is 1. The Kier molecular flexibility index (Phi) is 4.61. The van der Waals surface area contributed by atoms with E-state index in [0.29, 0.717) is 22.5 Å². The van der Waals surface area contributed by atoms with Crippen LogP contribution in [0.1, 0.15) is 12.5 Å². The highest BCUT2D eigenvalue weighted by atomic mass is 79.9. The molecule has 1 aromatic carbocycles. The van der Waals surface area contributed by atoms with Crippen molar-refractivity contribution in [3.63, 3.8) is 0 Å². The van der Waals surface area contributed by atoms with E-state index >= 15 is 0 Å². The fraction of sp³-hybridized carbons (Fsp3) is 0.364. The number of benzene rings is 1. The van der Waals surface area contributed by atoms with E-state index < -0.39 is 0 Å². The molecule has 0 bridgehead atoms. The molecule has 0 aromatic heterocycles. The van der Waals surface area contributed by atoms with Gasteiger partial charge in [0.15, 0.2) is 0 Å². The van der Waals surface area contributed by atoms with Crippen LogP contribution in [0.5, 0.6) is 5.75 Å². The summed E-state index contributed by atoms with van der Waals surface area (Å²) in [6.07, 6.45) is 0.176. The first-order valence-electron chi connectivity index (χ1n) is 4.86. The van der Waals surface area contributed by atoms with Gasteiger partial charge in [0.1, 0.15) is 5.75 Å². The van der Waals surface area contributed by atoms with Crippen LogP contribution < -0.4 is 10.5 Å². The van der Waals surface area contributed by atoms with E-state index in [0.717, 1.165) is 5.56 Å². The van der Waals surface area contributed by atoms with Crippen molar-refractivity contribution in [2.75, 3.05) is 19.5 Å². The summed E-state index contributed by atoms with van der Waals surface area (Å²) in [6.45, 7) is 2.14. The maximum absolute atomic E-state index is 11.4. The van der Waals surface area contributed by atoms with E-state index in [1.54, 1.807) is 19.1 Å². The quantitative estimate of drug-likeness (QED) is 0.681. The maximum Gasteiger partial charge on any atom is 0.310 e. The molecule has 16 heavy (non-hydrogen) atoms. The van der Waals surface area contributed by atoms with Crippen LogP contribution in [-0.2, 0) is 16.0 Å². The summed E-state index contributed by atoms with van der Waals surface area (Å²) in [5.74, 6) is 0.297. The second-order valence-electron chi connectivity index (χ2n) is 3.14. The molecule has 0 unspecified atom stereocenters. The van der Waals surface area contributed by atoms with E-state index in [4.69, 9.17) is 15.2 Å². The van der Waals surface area contributed by atoms with Crippen molar-refractivity contribution in [2.24, 2.45) is 0 Å². The zero-order chi connectivity index (χ0) is 12.1. The Bertz CT molecular complexity index is 393. The van der Waals surface area contributed by atoms with Crippen LogP contribution in [0.4, 0.5) is 5.69 Å². The average molecular weight is 288 g/mol. The van der Waals surface area contributed by atoms with Crippen LogP contribution in [0.3, 0.4) is 0 Å². The first-order valence-corrected chi connectivity index (χ1v) is 5.65. The lowest BCUT2D eigenvalue weighted by molar-refractivity contribution is -0.142. The molecule has 0 saturated carbocycles. The zero-order valence-electron chi connectivity index (χ0n) is 9.25. The molecule has 0 atom stereocenters. The first-order chi connectivity index (χ1) is 7.60. The van der Waals surface area contributed by atoms with Gasteiger partial charge in [0.05, 0.1) is 24.6 Å². The Morgan fingerprint density at radius 3 is 2.75 bits per heavy atom. The van der Waals surface area contributed by atoms with Crippen LogP contribution in [0.15, 0.2) is 16.6 Å². The molecule has 0 saturated heterocycles. The topological polar surface area (TPSA) is 61.5 Å². The number of nitrogens with two attached hydrogens (primary N) is 1. The van der Waals surface area contributed by atoms with Gasteiger partial charge >= 0.3 is 5.97 Å². The highest BCUT2D eigenvalue weighted by Gasteiger charge is 2.13. The Morgan fingerprint density at radius 1 is 1.50 bits per heavy atom. The minimum atomic E-state index is -0.280. The smallest absolute Gasteiger partial charge is 0.310 e. The van der Waals surface area contributed by atoms with E-state index in [2.05, 4.69) is 15.9 Å². The van der Waals surface area contributed by atoms with Gasteiger partial charge in [0.25, 0.3) is 0 Å². The Hall–Kier alpha value is -1.23. The van der Waals surface area contributed by atoms with E-state index in [-0.39, 0.29) is 12.4 Å². The van der Waals surface area contributed by atoms with Crippen LogP contribution in [0.2, 0.25) is 0 Å². The van der Waals surface area contributed by atoms with Gasteiger partial charge in [-0.1, -0.05) is 6.07 Å². The van der Waals surface area contributed by atoms with Crippen molar-refractivity contribution >= 4 is 27.6 Å². The third-order valence-corrected chi connectivity index (χ3v) is 2.87. The molecule has 0 aliphatic heterocycles. The lowest BCUT2D eigenvalue weighted by Gasteiger charge is -2.11. The predicted octanol–water partition coefficient (Wildman–Crippen LogP) is 2.15. The number of anilines is 1. The normalized spacial score (nSPS) is 9.94. The number of esters is 1. The molecule has 5 heteroatoms. The van der Waals surface area contributed by atoms with Gasteiger partial charge in [-0.2, -0.15) is 0 Å². The summed E-state index contributed by atoms with van der Waals surface area (Å²) < 4.78 is 10.7. The number of ether oxygens (including phenoxy) is 2. The third-order valence-electron chi connectivity index (χ3n) is 2.05. The summed E-state index contributed by atoms with van der Waals surface area (Å²) in [5.41, 5.74) is 7.04. The van der Waals surface area contributed by atoms with Gasteiger partial charge < -0.3 is 15.2 Å². The fourth-order valence-corrected chi connectivity index (χ4v) is 1.89. The predicted molar refractivity (Wildman–Crippen MR) is 65.4 cm³/mol. The van der Waals surface area contributed by atoms with Gasteiger partial charge in [-0.05, 0) is 28.9 Å². The molecule has 0 amide bonds. The summed E-state index contributed by atoms with van der Waals surface area (Å²) in [5, 5.41) is 0. The first kappa shape index (κ1) is 12.8. The Balaban J connectivity index is 2.96. The number of hydrogen-bond donors (Lipinski definition) is 1. The number of hydrogen-bond acceptors (Lipinski definition) is 4. The van der Waals surface area contributed by atoms with Gasteiger partial charge in [-0.25, -0.2) is 0 Å². The van der Waals surface area contributed by atoms with Crippen molar-refractivity contribution in [1.82, 2.24) is 0 Å². The number of carbonyl (C=O) groups is 1. The lowest BCUT2D eigenvalue weighted by atomic mass is 10.1. The third kappa shape index (κ3) is 2.88. The summed E-state index contributed by atoms with van der Waals surface area (Å²) in [4.78, 5) is 11.4. The molecule has 0 aliphatic rings. The molecule has 2 N–H and O–H groups in total. The second kappa shape index (κ2) is 5.75. The molecule has 0 fully saturated rings. The summed E-state index contributed by atoms with van der Waals surface area (Å²) in [7, 11) is 1.54. The highest BCUT2D eigenvalue weighted by Crippen LogP contribution is 2.34. The fourth-order valence-electron chi connectivity index (χ4n) is 1.34. The molecular weight excluding hydrogens is 274 g/mol. The van der Waals surface area contributed by atoms with E-state index in [1.165, 1.54) is 7.11 Å². The van der Waals surface area contributed by atoms with Crippen molar-refractivity contribution in [3.8, 4) is 5.75 Å². The number of rotatable bonds is 4. The van der Waals surface area contributed by atoms with Crippen molar-refractivity contribution < 1.29 is 14.3 Å². The van der Waals surface area contributed by atoms with Crippen LogP contribution >= 0.6 is 15.9 Å². The molecule has 0 spiro atoms. The maximum atomic E-state index is 11.4. The van der Waals surface area contributed by atoms with Gasteiger partial charge in [-0.15, -0.1) is 0 Å². The highest BCUT2D eigenvalue weighted by molar-refractivity contribution is 9.10. The average Bonchev–Trinajstić information content (AvgIpc) is 2.24. The van der Waals surface area contributed by atoms with Gasteiger partial charge in [0.2, 0.25) is 0 Å². The summed E-state index contributed by atoms with van der Waals surface area (Å²) in [6, 6.07) is 3.48. The standard InChI is InChI=1S/C11H14BrNO3/c1-3-16-9(14)6-7-4-5-8(13)10(12)11(7)15-2/h4-5H,3,6,13H2,1-2H3.